The number of ether oxygens (including phenoxy) is 1. The Bertz CT molecular complexity index is 1160. The first-order chi connectivity index (χ1) is 21.6. The van der Waals surface area contributed by atoms with E-state index in [-0.39, 0.29) is 12.0 Å². The molecule has 250 valence electrons. The molecule has 0 saturated carbocycles. The van der Waals surface area contributed by atoms with Crippen molar-refractivity contribution in [1.82, 2.24) is 14.5 Å². The predicted molar refractivity (Wildman–Crippen MR) is 194 cm³/mol. The van der Waals surface area contributed by atoms with Crippen LogP contribution in [0.15, 0.2) is 94.6 Å². The highest BCUT2D eigenvalue weighted by atomic mass is 35.5. The Balaban J connectivity index is 0.000000878. The molecule has 6 nitrogen and oxygen atoms in total. The molecule has 0 bridgehead atoms. The maximum absolute atomic E-state index is 12.2. The number of likely N-dealkylation sites (tertiary alicyclic amines) is 1. The second-order valence-electron chi connectivity index (χ2n) is 11.9. The van der Waals surface area contributed by atoms with Gasteiger partial charge in [-0.25, -0.2) is 9.78 Å². The molecule has 1 unspecified atom stereocenters. The van der Waals surface area contributed by atoms with Gasteiger partial charge in [0.15, 0.2) is 0 Å². The number of piperidine rings is 1. The maximum Gasteiger partial charge on any atom is 0.409 e. The molecule has 45 heavy (non-hydrogen) atoms. The minimum atomic E-state index is -0.195. The van der Waals surface area contributed by atoms with Crippen LogP contribution >= 0.6 is 11.6 Å². The molecule has 1 aromatic rings. The minimum absolute atomic E-state index is 0.195. The third-order valence-corrected chi connectivity index (χ3v) is 8.28. The van der Waals surface area contributed by atoms with Crippen LogP contribution in [0.2, 0.25) is 0 Å². The van der Waals surface area contributed by atoms with Crippen molar-refractivity contribution >= 4 is 23.9 Å². The topological polar surface area (TPSA) is 59.7 Å². The lowest BCUT2D eigenvalue weighted by molar-refractivity contribution is 0.0889. The molecule has 1 saturated heterocycles. The molecule has 1 fully saturated rings. The predicted octanol–water partition coefficient (Wildman–Crippen LogP) is 10.4. The summed E-state index contributed by atoms with van der Waals surface area (Å²) in [7, 11) is 1.75. The quantitative estimate of drug-likeness (QED) is 0.169. The molecule has 2 aliphatic rings. The number of allylic oxidation sites excluding steroid dienone is 10. The lowest BCUT2D eigenvalue weighted by atomic mass is 9.75. The molecule has 1 atom stereocenters. The average Bonchev–Trinajstić information content (AvgIpc) is 3.48. The Morgan fingerprint density at radius 2 is 1.93 bits per heavy atom. The molecular formula is C38H59ClN4O2. The SMILES string of the molecule is C=C(CCCn1ccnc1)C1=C(C(/C=C(\C)CC)C2CCN(C(=O)OCC)CC2)C=CC(Cl)=CC1.C=CCC(C)C.CC=NC. The third-order valence-electron chi connectivity index (χ3n) is 8.00. The smallest absolute Gasteiger partial charge is 0.409 e. The van der Waals surface area contributed by atoms with E-state index in [0.29, 0.717) is 12.5 Å². The highest BCUT2D eigenvalue weighted by Crippen LogP contribution is 2.39. The second-order valence-corrected chi connectivity index (χ2v) is 12.4. The third kappa shape index (κ3) is 15.6. The summed E-state index contributed by atoms with van der Waals surface area (Å²) in [5.41, 5.74) is 5.20. The molecule has 0 aromatic carbocycles. The highest BCUT2D eigenvalue weighted by Gasteiger charge is 2.31. The van der Waals surface area contributed by atoms with Gasteiger partial charge in [-0.15, -0.1) is 6.58 Å². The summed E-state index contributed by atoms with van der Waals surface area (Å²) in [6, 6.07) is 0. The molecule has 0 N–H and O–H groups in total. The summed E-state index contributed by atoms with van der Waals surface area (Å²) in [6.45, 7) is 23.5. The minimum Gasteiger partial charge on any atom is -0.450 e. The van der Waals surface area contributed by atoms with Crippen LogP contribution < -0.4 is 0 Å². The van der Waals surface area contributed by atoms with Gasteiger partial charge in [-0.05, 0) is 101 Å². The van der Waals surface area contributed by atoms with E-state index < -0.39 is 0 Å². The van der Waals surface area contributed by atoms with Crippen LogP contribution in [0.3, 0.4) is 0 Å². The monoisotopic (exact) mass is 638 g/mol. The lowest BCUT2D eigenvalue weighted by Crippen LogP contribution is -2.40. The van der Waals surface area contributed by atoms with Gasteiger partial charge in [-0.2, -0.15) is 0 Å². The maximum atomic E-state index is 12.2. The number of carbonyl (C=O) groups excluding carboxylic acids is 1. The zero-order valence-corrected chi connectivity index (χ0v) is 29.9. The second kappa shape index (κ2) is 23.3. The number of hydrogen-bond donors (Lipinski definition) is 0. The van der Waals surface area contributed by atoms with Crippen LogP contribution in [-0.4, -0.2) is 53.5 Å². The number of aliphatic imine (C=N–C) groups is 1. The van der Waals surface area contributed by atoms with E-state index in [2.05, 4.69) is 73.6 Å². The number of halogens is 1. The van der Waals surface area contributed by atoms with Crippen molar-refractivity contribution < 1.29 is 9.53 Å². The Labute approximate surface area is 279 Å². The van der Waals surface area contributed by atoms with E-state index in [4.69, 9.17) is 16.3 Å². The largest absolute Gasteiger partial charge is 0.450 e. The Morgan fingerprint density at radius 1 is 1.24 bits per heavy atom. The first kappa shape index (κ1) is 39.9. The summed E-state index contributed by atoms with van der Waals surface area (Å²) in [4.78, 5) is 21.8. The van der Waals surface area contributed by atoms with Gasteiger partial charge in [0.2, 0.25) is 0 Å². The van der Waals surface area contributed by atoms with Gasteiger partial charge in [0.05, 0.1) is 12.9 Å². The van der Waals surface area contributed by atoms with Crippen molar-refractivity contribution in [2.75, 3.05) is 26.7 Å². The number of aromatic nitrogens is 2. The van der Waals surface area contributed by atoms with Gasteiger partial charge >= 0.3 is 6.09 Å². The van der Waals surface area contributed by atoms with Crippen molar-refractivity contribution in [3.8, 4) is 0 Å². The number of nitrogens with zero attached hydrogens (tertiary/aromatic N) is 4. The molecule has 1 aliphatic heterocycles. The number of amides is 1. The highest BCUT2D eigenvalue weighted by molar-refractivity contribution is 6.31. The van der Waals surface area contributed by atoms with Crippen molar-refractivity contribution in [1.29, 1.82) is 0 Å². The Morgan fingerprint density at radius 3 is 2.44 bits per heavy atom. The molecule has 1 amide bonds. The molecule has 7 heteroatoms. The molecule has 0 radical (unpaired) electrons. The summed E-state index contributed by atoms with van der Waals surface area (Å²) in [5, 5.41) is 0.774. The standard InChI is InChI=1S/C29H40ClN3O2.C6H12.C3H7N/c1-5-22(3)20-28(24-13-17-33(18-14-24)29(34)35-6-2)27-12-10-25(30)9-11-26(27)23(4)8-7-16-32-19-15-31-21-32;1-4-5-6(2)3;1-3-4-2/h9-10,12,15,19-21,24,28H,4-8,11,13-14,16-18H2,1-3H3;4,6H,1,5H2,2-3H3;3H,1-2H3/b22-20+;;. The van der Waals surface area contributed by atoms with E-state index in [1.165, 1.54) is 22.3 Å². The van der Waals surface area contributed by atoms with Crippen LogP contribution in [0, 0.1) is 17.8 Å². The number of imidazole rings is 1. The number of aryl methyl sites for hydroxylation is 1. The number of hydrogen-bond acceptors (Lipinski definition) is 4. The summed E-state index contributed by atoms with van der Waals surface area (Å²) in [5.74, 6) is 1.50. The van der Waals surface area contributed by atoms with Crippen LogP contribution in [0.5, 0.6) is 0 Å². The first-order valence-corrected chi connectivity index (χ1v) is 17.0. The van der Waals surface area contributed by atoms with E-state index in [1.54, 1.807) is 13.3 Å². The van der Waals surface area contributed by atoms with Crippen LogP contribution in [-0.2, 0) is 11.3 Å². The molecule has 0 spiro atoms. The molecule has 1 aliphatic carbocycles. The summed E-state index contributed by atoms with van der Waals surface area (Å²) in [6.07, 6.45) is 24.8. The van der Waals surface area contributed by atoms with Crippen LogP contribution in [0.1, 0.15) is 86.5 Å². The first-order valence-electron chi connectivity index (χ1n) is 16.6. The summed E-state index contributed by atoms with van der Waals surface area (Å²) < 4.78 is 7.34. The zero-order valence-electron chi connectivity index (χ0n) is 29.1. The molecular weight excluding hydrogens is 580 g/mol. The average molecular weight is 639 g/mol. The van der Waals surface area contributed by atoms with E-state index in [0.717, 1.165) is 75.5 Å². The van der Waals surface area contributed by atoms with Gasteiger partial charge < -0.3 is 19.2 Å². The fraction of sp³-hybridized carbons (Fsp3) is 0.553. The van der Waals surface area contributed by atoms with Gasteiger partial charge in [-0.3, -0.25) is 0 Å². The normalized spacial score (nSPS) is 16.3. The van der Waals surface area contributed by atoms with Gasteiger partial charge in [0, 0.05) is 50.0 Å². The number of rotatable bonds is 12. The van der Waals surface area contributed by atoms with E-state index in [1.807, 2.05) is 49.6 Å². The molecule has 1 aromatic heterocycles. The van der Waals surface area contributed by atoms with E-state index >= 15 is 0 Å². The fourth-order valence-corrected chi connectivity index (χ4v) is 5.39. The summed E-state index contributed by atoms with van der Waals surface area (Å²) >= 11 is 6.47. The van der Waals surface area contributed by atoms with E-state index in [9.17, 15) is 4.79 Å². The van der Waals surface area contributed by atoms with Gasteiger partial charge in [0.1, 0.15) is 0 Å². The molecule has 2 heterocycles. The van der Waals surface area contributed by atoms with Gasteiger partial charge in [-0.1, -0.05) is 74.4 Å². The van der Waals surface area contributed by atoms with Crippen molar-refractivity contribution in [3.05, 3.63) is 89.6 Å². The van der Waals surface area contributed by atoms with Crippen molar-refractivity contribution in [2.45, 2.75) is 93.0 Å². The lowest BCUT2D eigenvalue weighted by Gasteiger charge is -2.36. The van der Waals surface area contributed by atoms with Crippen LogP contribution in [0.25, 0.3) is 0 Å². The van der Waals surface area contributed by atoms with Gasteiger partial charge in [0.25, 0.3) is 0 Å². The fourth-order valence-electron chi connectivity index (χ4n) is 5.25. The zero-order chi connectivity index (χ0) is 33.6. The van der Waals surface area contributed by atoms with Crippen molar-refractivity contribution in [3.63, 3.8) is 0 Å². The number of carbonyl (C=O) groups is 1. The Hall–Kier alpha value is -3.12. The van der Waals surface area contributed by atoms with Crippen molar-refractivity contribution in [2.24, 2.45) is 22.7 Å². The Kier molecular flexibility index (Phi) is 20.6. The molecule has 3 rings (SSSR count). The van der Waals surface area contributed by atoms with Crippen LogP contribution in [0.4, 0.5) is 4.79 Å².